The highest BCUT2D eigenvalue weighted by Crippen LogP contribution is 2.28. The van der Waals surface area contributed by atoms with E-state index < -0.39 is 17.5 Å². The molecule has 1 fully saturated rings. The van der Waals surface area contributed by atoms with Gasteiger partial charge < -0.3 is 10.2 Å². The minimum Gasteiger partial charge on any atom is -0.361 e. The normalized spacial score (nSPS) is 23.4. The highest BCUT2D eigenvalue weighted by molar-refractivity contribution is 5.51. The third-order valence-electron chi connectivity index (χ3n) is 3.68. The van der Waals surface area contributed by atoms with Gasteiger partial charge in [0.25, 0.3) is 0 Å². The number of halogens is 3. The van der Waals surface area contributed by atoms with Crippen molar-refractivity contribution in [3.8, 4) is 0 Å². The highest BCUT2D eigenvalue weighted by Gasteiger charge is 2.29. The van der Waals surface area contributed by atoms with Gasteiger partial charge in [-0.25, -0.2) is 13.2 Å². The van der Waals surface area contributed by atoms with E-state index in [0.29, 0.717) is 19.0 Å². The number of nitrogens with zero attached hydrogens (tertiary/aromatic N) is 1. The van der Waals surface area contributed by atoms with Crippen LogP contribution in [0.5, 0.6) is 0 Å². The highest BCUT2D eigenvalue weighted by atomic mass is 19.1. The third kappa shape index (κ3) is 3.26. The Morgan fingerprint density at radius 3 is 2.40 bits per heavy atom. The third-order valence-corrected chi connectivity index (χ3v) is 3.68. The molecule has 0 amide bonds. The van der Waals surface area contributed by atoms with Gasteiger partial charge in [0.05, 0.1) is 0 Å². The van der Waals surface area contributed by atoms with Gasteiger partial charge in [0, 0.05) is 37.3 Å². The first-order valence-electron chi connectivity index (χ1n) is 7.03. The molecule has 0 bridgehead atoms. The molecule has 1 N–H and O–H groups in total. The van der Waals surface area contributed by atoms with Gasteiger partial charge in [0.2, 0.25) is 0 Å². The summed E-state index contributed by atoms with van der Waals surface area (Å²) in [5.74, 6) is -2.05. The molecule has 0 saturated carbocycles. The Hall–Kier alpha value is -1.23. The van der Waals surface area contributed by atoms with Crippen molar-refractivity contribution in [3.05, 3.63) is 29.6 Å². The number of rotatable bonds is 3. The summed E-state index contributed by atoms with van der Waals surface area (Å²) in [5, 5.41) is 3.39. The molecule has 0 spiro atoms. The fraction of sp³-hybridized carbons (Fsp3) is 0.600. The van der Waals surface area contributed by atoms with Gasteiger partial charge in [-0.15, -0.1) is 0 Å². The molecule has 5 heteroatoms. The summed E-state index contributed by atoms with van der Waals surface area (Å²) in [7, 11) is 0. The van der Waals surface area contributed by atoms with E-state index in [1.165, 1.54) is 0 Å². The molecule has 1 aromatic carbocycles. The average Bonchev–Trinajstić information content (AvgIpc) is 2.31. The van der Waals surface area contributed by atoms with Gasteiger partial charge in [0.15, 0.2) is 11.6 Å². The van der Waals surface area contributed by atoms with Gasteiger partial charge in [-0.3, -0.25) is 0 Å². The first kappa shape index (κ1) is 15.2. The van der Waals surface area contributed by atoms with Crippen molar-refractivity contribution in [1.29, 1.82) is 0 Å². The van der Waals surface area contributed by atoms with Crippen molar-refractivity contribution < 1.29 is 13.2 Å². The molecule has 1 heterocycles. The topological polar surface area (TPSA) is 15.3 Å². The van der Waals surface area contributed by atoms with E-state index in [-0.39, 0.29) is 17.8 Å². The molecule has 1 aliphatic heterocycles. The van der Waals surface area contributed by atoms with Crippen LogP contribution in [0.2, 0.25) is 0 Å². The Morgan fingerprint density at radius 1 is 1.25 bits per heavy atom. The quantitative estimate of drug-likeness (QED) is 0.917. The van der Waals surface area contributed by atoms with Crippen LogP contribution in [-0.4, -0.2) is 25.2 Å². The zero-order chi connectivity index (χ0) is 14.9. The second-order valence-electron chi connectivity index (χ2n) is 5.95. The maximum absolute atomic E-state index is 13.9. The Balaban J connectivity index is 2.25. The van der Waals surface area contributed by atoms with Crippen LogP contribution < -0.4 is 10.2 Å². The SMILES string of the molecule is CC(C)CC1CN(c2c(F)cc(F)cc2F)C(C)CN1. The molecule has 0 radical (unpaired) electrons. The lowest BCUT2D eigenvalue weighted by atomic mass is 9.99. The Kier molecular flexibility index (Phi) is 4.58. The van der Waals surface area contributed by atoms with Crippen LogP contribution in [-0.2, 0) is 0 Å². The van der Waals surface area contributed by atoms with Crippen molar-refractivity contribution in [2.24, 2.45) is 5.92 Å². The fourth-order valence-electron chi connectivity index (χ4n) is 2.78. The van der Waals surface area contributed by atoms with Crippen LogP contribution >= 0.6 is 0 Å². The van der Waals surface area contributed by atoms with Gasteiger partial charge in [-0.05, 0) is 19.3 Å². The predicted molar refractivity (Wildman–Crippen MR) is 74.4 cm³/mol. The molecule has 2 unspecified atom stereocenters. The van der Waals surface area contributed by atoms with Crippen molar-refractivity contribution in [3.63, 3.8) is 0 Å². The standard InChI is InChI=1S/C15H21F3N2/c1-9(2)4-12-8-20(10(3)7-19-12)15-13(17)5-11(16)6-14(15)18/h5-6,9-10,12,19H,4,7-8H2,1-3H3. The molecular formula is C15H21F3N2. The van der Waals surface area contributed by atoms with E-state index in [1.807, 2.05) is 6.92 Å². The number of hydrogen-bond acceptors (Lipinski definition) is 2. The van der Waals surface area contributed by atoms with Gasteiger partial charge >= 0.3 is 0 Å². The molecule has 20 heavy (non-hydrogen) atoms. The Morgan fingerprint density at radius 2 is 1.85 bits per heavy atom. The van der Waals surface area contributed by atoms with Gasteiger partial charge in [0.1, 0.15) is 11.5 Å². The molecule has 1 aromatic rings. The smallest absolute Gasteiger partial charge is 0.152 e. The molecular weight excluding hydrogens is 265 g/mol. The van der Waals surface area contributed by atoms with Crippen LogP contribution in [0.4, 0.5) is 18.9 Å². The monoisotopic (exact) mass is 286 g/mol. The number of anilines is 1. The van der Waals surface area contributed by atoms with E-state index in [9.17, 15) is 13.2 Å². The predicted octanol–water partition coefficient (Wildman–Crippen LogP) is 3.32. The van der Waals surface area contributed by atoms with Crippen LogP contribution in [0.3, 0.4) is 0 Å². The first-order chi connectivity index (χ1) is 9.38. The zero-order valence-corrected chi connectivity index (χ0v) is 12.1. The molecule has 2 rings (SSSR count). The lowest BCUT2D eigenvalue weighted by Crippen LogP contribution is -2.56. The molecule has 0 aliphatic carbocycles. The van der Waals surface area contributed by atoms with Crippen LogP contribution in [0.1, 0.15) is 27.2 Å². The lowest BCUT2D eigenvalue weighted by Gasteiger charge is -2.41. The van der Waals surface area contributed by atoms with Crippen molar-refractivity contribution in [1.82, 2.24) is 5.32 Å². The number of benzene rings is 1. The van der Waals surface area contributed by atoms with Crippen molar-refractivity contribution in [2.75, 3.05) is 18.0 Å². The molecule has 2 atom stereocenters. The minimum atomic E-state index is -0.884. The largest absolute Gasteiger partial charge is 0.361 e. The maximum atomic E-state index is 13.9. The molecule has 0 aromatic heterocycles. The number of hydrogen-bond donors (Lipinski definition) is 1. The maximum Gasteiger partial charge on any atom is 0.152 e. The van der Waals surface area contributed by atoms with Crippen LogP contribution in [0, 0.1) is 23.4 Å². The number of piperazine rings is 1. The molecule has 1 saturated heterocycles. The van der Waals surface area contributed by atoms with Crippen molar-refractivity contribution in [2.45, 2.75) is 39.3 Å². The Bertz CT molecular complexity index is 453. The molecule has 112 valence electrons. The molecule has 1 aliphatic rings. The summed E-state index contributed by atoms with van der Waals surface area (Å²) in [5.41, 5.74) is -0.117. The average molecular weight is 286 g/mol. The summed E-state index contributed by atoms with van der Waals surface area (Å²) < 4.78 is 40.8. The number of nitrogens with one attached hydrogen (secondary N) is 1. The zero-order valence-electron chi connectivity index (χ0n) is 12.1. The van der Waals surface area contributed by atoms with E-state index in [2.05, 4.69) is 19.2 Å². The van der Waals surface area contributed by atoms with Crippen molar-refractivity contribution >= 4 is 5.69 Å². The molecule has 2 nitrogen and oxygen atoms in total. The second kappa shape index (κ2) is 6.04. The summed E-state index contributed by atoms with van der Waals surface area (Å²) in [6, 6.07) is 1.64. The first-order valence-corrected chi connectivity index (χ1v) is 7.03. The summed E-state index contributed by atoms with van der Waals surface area (Å²) in [6.45, 7) is 7.32. The van der Waals surface area contributed by atoms with E-state index in [4.69, 9.17) is 0 Å². The van der Waals surface area contributed by atoms with E-state index in [1.54, 1.807) is 4.90 Å². The van der Waals surface area contributed by atoms with Crippen LogP contribution in [0.15, 0.2) is 12.1 Å². The van der Waals surface area contributed by atoms with Crippen LogP contribution in [0.25, 0.3) is 0 Å². The van der Waals surface area contributed by atoms with E-state index in [0.717, 1.165) is 18.6 Å². The second-order valence-corrected chi connectivity index (χ2v) is 5.95. The minimum absolute atomic E-state index is 0.0344. The van der Waals surface area contributed by atoms with Gasteiger partial charge in [-0.1, -0.05) is 13.8 Å². The van der Waals surface area contributed by atoms with Gasteiger partial charge in [-0.2, -0.15) is 0 Å². The van der Waals surface area contributed by atoms with E-state index >= 15 is 0 Å². The lowest BCUT2D eigenvalue weighted by molar-refractivity contribution is 0.351. The summed E-state index contributed by atoms with van der Waals surface area (Å²) in [6.07, 6.45) is 0.938. The summed E-state index contributed by atoms with van der Waals surface area (Å²) in [4.78, 5) is 1.70. The summed E-state index contributed by atoms with van der Waals surface area (Å²) >= 11 is 0. The Labute approximate surface area is 118 Å². The fourth-order valence-corrected chi connectivity index (χ4v) is 2.78.